The third-order valence-corrected chi connectivity index (χ3v) is 2.70. The third-order valence-electron chi connectivity index (χ3n) is 2.18. The molecule has 1 atom stereocenters. The van der Waals surface area contributed by atoms with Gasteiger partial charge in [-0.25, -0.2) is 0 Å². The van der Waals surface area contributed by atoms with Gasteiger partial charge in [-0.1, -0.05) is 6.92 Å². The summed E-state index contributed by atoms with van der Waals surface area (Å²) in [7, 11) is 0. The summed E-state index contributed by atoms with van der Waals surface area (Å²) < 4.78 is 5.46. The molecule has 0 aromatic carbocycles. The predicted molar refractivity (Wildman–Crippen MR) is 70.8 cm³/mol. The number of ether oxygens (including phenoxy) is 1. The van der Waals surface area contributed by atoms with Crippen LogP contribution >= 0.6 is 11.6 Å². The first kappa shape index (κ1) is 14.0. The van der Waals surface area contributed by atoms with Crippen molar-refractivity contribution in [3.8, 4) is 5.88 Å². The maximum absolute atomic E-state index is 6.03. The van der Waals surface area contributed by atoms with Crippen molar-refractivity contribution >= 4 is 17.4 Å². The molecule has 1 rings (SSSR count). The summed E-state index contributed by atoms with van der Waals surface area (Å²) in [6, 6.07) is 0. The number of rotatable bonds is 7. The van der Waals surface area contributed by atoms with Crippen LogP contribution in [0.3, 0.4) is 0 Å². The Bertz CT molecular complexity index is 333. The van der Waals surface area contributed by atoms with E-state index in [1.165, 1.54) is 0 Å². The van der Waals surface area contributed by atoms with Crippen LogP contribution in [0, 0.1) is 0 Å². The van der Waals surface area contributed by atoms with Crippen molar-refractivity contribution in [1.82, 2.24) is 9.97 Å². The highest BCUT2D eigenvalue weighted by Gasteiger charge is 2.03. The molecule has 1 unspecified atom stereocenters. The summed E-state index contributed by atoms with van der Waals surface area (Å²) in [5.74, 6) is 1.27. The van der Waals surface area contributed by atoms with Gasteiger partial charge in [0.25, 0.3) is 0 Å². The zero-order chi connectivity index (χ0) is 12.7. The van der Waals surface area contributed by atoms with Gasteiger partial charge in [-0.05, 0) is 26.7 Å². The minimum Gasteiger partial charge on any atom is -0.474 e. The summed E-state index contributed by atoms with van der Waals surface area (Å²) in [5, 5.41) is 3.40. The number of anilines is 1. The SMILES string of the molecule is CCC(Cl)CCNc1cncc(OC(C)C)n1. The van der Waals surface area contributed by atoms with Crippen molar-refractivity contribution < 1.29 is 4.74 Å². The Labute approximate surface area is 108 Å². The van der Waals surface area contributed by atoms with Gasteiger partial charge in [-0.15, -0.1) is 11.6 Å². The van der Waals surface area contributed by atoms with Gasteiger partial charge in [-0.2, -0.15) is 4.98 Å². The lowest BCUT2D eigenvalue weighted by Gasteiger charge is -2.11. The summed E-state index contributed by atoms with van der Waals surface area (Å²) in [4.78, 5) is 8.37. The second kappa shape index (κ2) is 7.33. The fourth-order valence-electron chi connectivity index (χ4n) is 1.29. The molecule has 1 aromatic rings. The Morgan fingerprint density at radius 1 is 1.41 bits per heavy atom. The van der Waals surface area contributed by atoms with Crippen molar-refractivity contribution in [2.45, 2.75) is 45.1 Å². The smallest absolute Gasteiger partial charge is 0.234 e. The molecule has 0 bridgehead atoms. The summed E-state index contributed by atoms with van der Waals surface area (Å²) >= 11 is 6.03. The first-order chi connectivity index (χ1) is 8.11. The van der Waals surface area contributed by atoms with E-state index < -0.39 is 0 Å². The molecule has 1 aromatic heterocycles. The number of alkyl halides is 1. The van der Waals surface area contributed by atoms with E-state index in [2.05, 4.69) is 22.2 Å². The first-order valence-electron chi connectivity index (χ1n) is 5.98. The van der Waals surface area contributed by atoms with E-state index in [9.17, 15) is 0 Å². The molecule has 0 amide bonds. The molecule has 0 fully saturated rings. The Balaban J connectivity index is 2.43. The standard InChI is InChI=1S/C12H20ClN3O/c1-4-10(13)5-6-15-11-7-14-8-12(16-11)17-9(2)3/h7-10H,4-6H2,1-3H3,(H,15,16). The normalized spacial score (nSPS) is 12.5. The number of nitrogens with zero attached hydrogens (tertiary/aromatic N) is 2. The summed E-state index contributed by atoms with van der Waals surface area (Å²) in [6.45, 7) is 6.79. The molecular weight excluding hydrogens is 238 g/mol. The monoisotopic (exact) mass is 257 g/mol. The Hall–Kier alpha value is -1.03. The molecule has 5 heteroatoms. The zero-order valence-corrected chi connectivity index (χ0v) is 11.4. The molecule has 0 aliphatic rings. The lowest BCUT2D eigenvalue weighted by molar-refractivity contribution is 0.232. The van der Waals surface area contributed by atoms with E-state index in [1.807, 2.05) is 13.8 Å². The van der Waals surface area contributed by atoms with Crippen LogP contribution < -0.4 is 10.1 Å². The second-order valence-electron chi connectivity index (χ2n) is 4.13. The average molecular weight is 258 g/mol. The molecule has 4 nitrogen and oxygen atoms in total. The van der Waals surface area contributed by atoms with Crippen LogP contribution in [0.25, 0.3) is 0 Å². The zero-order valence-electron chi connectivity index (χ0n) is 10.6. The van der Waals surface area contributed by atoms with Crippen LogP contribution in [0.5, 0.6) is 5.88 Å². The minimum absolute atomic E-state index is 0.104. The number of hydrogen-bond acceptors (Lipinski definition) is 4. The van der Waals surface area contributed by atoms with Gasteiger partial charge in [0.2, 0.25) is 5.88 Å². The van der Waals surface area contributed by atoms with Gasteiger partial charge in [0, 0.05) is 11.9 Å². The second-order valence-corrected chi connectivity index (χ2v) is 4.75. The molecule has 0 spiro atoms. The molecule has 0 aliphatic carbocycles. The summed E-state index contributed by atoms with van der Waals surface area (Å²) in [5.41, 5.74) is 0. The van der Waals surface area contributed by atoms with E-state index >= 15 is 0 Å². The first-order valence-corrected chi connectivity index (χ1v) is 6.42. The molecule has 0 saturated heterocycles. The molecule has 0 aliphatic heterocycles. The molecule has 96 valence electrons. The van der Waals surface area contributed by atoms with Gasteiger partial charge in [0.15, 0.2) is 0 Å². The Morgan fingerprint density at radius 2 is 2.18 bits per heavy atom. The quantitative estimate of drug-likeness (QED) is 0.763. The van der Waals surface area contributed by atoms with Crippen molar-refractivity contribution in [3.63, 3.8) is 0 Å². The van der Waals surface area contributed by atoms with Gasteiger partial charge in [-0.3, -0.25) is 4.98 Å². The van der Waals surface area contributed by atoms with Gasteiger partial charge in [0.05, 0.1) is 18.5 Å². The van der Waals surface area contributed by atoms with Crippen LogP contribution in [-0.4, -0.2) is 28.0 Å². The Morgan fingerprint density at radius 3 is 2.82 bits per heavy atom. The van der Waals surface area contributed by atoms with E-state index in [0.29, 0.717) is 5.88 Å². The van der Waals surface area contributed by atoms with Crippen molar-refractivity contribution in [1.29, 1.82) is 0 Å². The predicted octanol–water partition coefficient (Wildman–Crippen LogP) is 3.08. The third kappa shape index (κ3) is 5.73. The molecular formula is C12H20ClN3O. The van der Waals surface area contributed by atoms with Crippen LogP contribution in [-0.2, 0) is 0 Å². The molecule has 0 radical (unpaired) electrons. The molecule has 0 saturated carbocycles. The maximum Gasteiger partial charge on any atom is 0.234 e. The lowest BCUT2D eigenvalue weighted by Crippen LogP contribution is -2.11. The molecule has 17 heavy (non-hydrogen) atoms. The fraction of sp³-hybridized carbons (Fsp3) is 0.667. The van der Waals surface area contributed by atoms with Crippen LogP contribution in [0.4, 0.5) is 5.82 Å². The van der Waals surface area contributed by atoms with Crippen LogP contribution in [0.15, 0.2) is 12.4 Å². The minimum atomic E-state index is 0.104. The average Bonchev–Trinajstić information content (AvgIpc) is 2.28. The van der Waals surface area contributed by atoms with E-state index in [1.54, 1.807) is 12.4 Å². The highest BCUT2D eigenvalue weighted by atomic mass is 35.5. The number of nitrogens with one attached hydrogen (secondary N) is 1. The highest BCUT2D eigenvalue weighted by molar-refractivity contribution is 6.20. The summed E-state index contributed by atoms with van der Waals surface area (Å²) in [6.07, 6.45) is 5.29. The van der Waals surface area contributed by atoms with Crippen LogP contribution in [0.2, 0.25) is 0 Å². The Kier molecular flexibility index (Phi) is 6.05. The molecule has 1 N–H and O–H groups in total. The van der Waals surface area contributed by atoms with Gasteiger partial charge < -0.3 is 10.1 Å². The number of halogens is 1. The number of aromatic nitrogens is 2. The largest absolute Gasteiger partial charge is 0.474 e. The highest BCUT2D eigenvalue weighted by Crippen LogP contribution is 2.12. The number of hydrogen-bond donors (Lipinski definition) is 1. The van der Waals surface area contributed by atoms with Crippen molar-refractivity contribution in [2.24, 2.45) is 0 Å². The lowest BCUT2D eigenvalue weighted by atomic mass is 10.2. The van der Waals surface area contributed by atoms with Gasteiger partial charge >= 0.3 is 0 Å². The van der Waals surface area contributed by atoms with Crippen molar-refractivity contribution in [3.05, 3.63) is 12.4 Å². The van der Waals surface area contributed by atoms with E-state index in [0.717, 1.165) is 25.2 Å². The van der Waals surface area contributed by atoms with Crippen molar-refractivity contribution in [2.75, 3.05) is 11.9 Å². The van der Waals surface area contributed by atoms with Crippen LogP contribution in [0.1, 0.15) is 33.6 Å². The van der Waals surface area contributed by atoms with E-state index in [-0.39, 0.29) is 11.5 Å². The fourth-order valence-corrected chi connectivity index (χ4v) is 1.40. The molecule has 1 heterocycles. The topological polar surface area (TPSA) is 47.0 Å². The van der Waals surface area contributed by atoms with Gasteiger partial charge in [0.1, 0.15) is 5.82 Å². The van der Waals surface area contributed by atoms with E-state index in [4.69, 9.17) is 16.3 Å². The maximum atomic E-state index is 6.03.